The van der Waals surface area contributed by atoms with Crippen LogP contribution in [0.4, 0.5) is 0 Å². The molecule has 10 nitrogen and oxygen atoms in total. The van der Waals surface area contributed by atoms with Crippen molar-refractivity contribution in [2.24, 2.45) is 11.7 Å². The summed E-state index contributed by atoms with van der Waals surface area (Å²) in [6, 6.07) is 9.59. The monoisotopic (exact) mass is 527 g/mol. The third kappa shape index (κ3) is 5.34. The number of piperazine rings is 1. The molecule has 4 rings (SSSR count). The van der Waals surface area contributed by atoms with Gasteiger partial charge in [-0.05, 0) is 17.9 Å². The van der Waals surface area contributed by atoms with Gasteiger partial charge in [-0.25, -0.2) is 21.8 Å². The predicted octanol–water partition coefficient (Wildman–Crippen LogP) is 0.500. The molecule has 2 N–H and O–H groups in total. The van der Waals surface area contributed by atoms with Gasteiger partial charge in [-0.3, -0.25) is 4.79 Å². The fourth-order valence-corrected chi connectivity index (χ4v) is 8.08. The first-order valence-electron chi connectivity index (χ1n) is 11.0. The maximum Gasteiger partial charge on any atom is 0.270 e. The minimum absolute atomic E-state index is 0.0189. The molecule has 0 spiro atoms. The van der Waals surface area contributed by atoms with E-state index in [2.05, 4.69) is 4.98 Å². The van der Waals surface area contributed by atoms with Gasteiger partial charge < -0.3 is 10.6 Å². The molecule has 2 saturated heterocycles. The van der Waals surface area contributed by atoms with Crippen LogP contribution in [0.2, 0.25) is 0 Å². The maximum atomic E-state index is 13.5. The second-order valence-electron chi connectivity index (χ2n) is 8.65. The molecule has 3 heterocycles. The van der Waals surface area contributed by atoms with Crippen molar-refractivity contribution in [3.05, 3.63) is 47.0 Å². The average molecular weight is 528 g/mol. The van der Waals surface area contributed by atoms with Crippen LogP contribution in [0.1, 0.15) is 22.8 Å². The lowest BCUT2D eigenvalue weighted by Gasteiger charge is -2.40. The summed E-state index contributed by atoms with van der Waals surface area (Å²) in [5, 5.41) is 0. The van der Waals surface area contributed by atoms with E-state index < -0.39 is 26.0 Å². The molecule has 2 aliphatic heterocycles. The molecule has 0 saturated carbocycles. The molecule has 1 aromatic carbocycles. The third-order valence-electron chi connectivity index (χ3n) is 6.35. The van der Waals surface area contributed by atoms with Gasteiger partial charge in [0, 0.05) is 56.9 Å². The largest absolute Gasteiger partial charge is 0.340 e. The van der Waals surface area contributed by atoms with E-state index in [0.717, 1.165) is 23.2 Å². The number of carbonyl (C=O) groups excluding carboxylic acids is 1. The van der Waals surface area contributed by atoms with Crippen LogP contribution in [0.25, 0.3) is 0 Å². The molecular weight excluding hydrogens is 498 g/mol. The lowest BCUT2D eigenvalue weighted by atomic mass is 9.85. The van der Waals surface area contributed by atoms with Gasteiger partial charge in [-0.1, -0.05) is 30.3 Å². The van der Waals surface area contributed by atoms with Crippen molar-refractivity contribution in [2.45, 2.75) is 23.2 Å². The SMILES string of the molecule is CS(=O)(=O)N1CCN(C(=O)C2CC(c3ccccc3)CN(S(=O)(=O)c3ncc(CN)s3)C2)CC1. The van der Waals surface area contributed by atoms with E-state index in [1.807, 2.05) is 30.3 Å². The molecule has 2 unspecified atom stereocenters. The van der Waals surface area contributed by atoms with Crippen molar-refractivity contribution in [3.8, 4) is 0 Å². The number of amides is 1. The lowest BCUT2D eigenvalue weighted by Crippen LogP contribution is -2.54. The Morgan fingerprint density at radius 1 is 1.06 bits per heavy atom. The number of nitrogens with zero attached hydrogens (tertiary/aromatic N) is 4. The second kappa shape index (κ2) is 9.99. The molecule has 1 amide bonds. The van der Waals surface area contributed by atoms with Crippen LogP contribution >= 0.6 is 11.3 Å². The number of thiazole rings is 1. The van der Waals surface area contributed by atoms with E-state index in [1.54, 1.807) is 4.90 Å². The lowest BCUT2D eigenvalue weighted by molar-refractivity contribution is -0.138. The Kier molecular flexibility index (Phi) is 7.41. The van der Waals surface area contributed by atoms with Gasteiger partial charge in [0.1, 0.15) is 0 Å². The normalized spacial score (nSPS) is 23.2. The summed E-state index contributed by atoms with van der Waals surface area (Å²) < 4.78 is 53.2. The summed E-state index contributed by atoms with van der Waals surface area (Å²) in [7, 11) is -7.20. The summed E-state index contributed by atoms with van der Waals surface area (Å²) in [5.41, 5.74) is 6.61. The molecule has 186 valence electrons. The summed E-state index contributed by atoms with van der Waals surface area (Å²) >= 11 is 1.05. The molecule has 1 aromatic heterocycles. The van der Waals surface area contributed by atoms with Gasteiger partial charge in [0.15, 0.2) is 0 Å². The summed E-state index contributed by atoms with van der Waals surface area (Å²) in [6.45, 7) is 1.59. The molecule has 0 radical (unpaired) electrons. The second-order valence-corrected chi connectivity index (χ2v) is 13.9. The van der Waals surface area contributed by atoms with E-state index in [1.165, 1.54) is 14.8 Å². The number of hydrogen-bond acceptors (Lipinski definition) is 8. The van der Waals surface area contributed by atoms with Crippen molar-refractivity contribution in [2.75, 3.05) is 45.5 Å². The average Bonchev–Trinajstić information content (AvgIpc) is 3.34. The number of benzene rings is 1. The highest BCUT2D eigenvalue weighted by molar-refractivity contribution is 7.91. The Hall–Kier alpha value is -1.90. The number of hydrogen-bond donors (Lipinski definition) is 1. The molecule has 0 aliphatic carbocycles. The van der Waals surface area contributed by atoms with Gasteiger partial charge in [-0.15, -0.1) is 11.3 Å². The van der Waals surface area contributed by atoms with Crippen LogP contribution < -0.4 is 5.73 Å². The number of nitrogens with two attached hydrogens (primary N) is 1. The fraction of sp³-hybridized carbons (Fsp3) is 0.524. The summed E-state index contributed by atoms with van der Waals surface area (Å²) in [5.74, 6) is -0.826. The molecule has 2 aromatic rings. The molecule has 13 heteroatoms. The van der Waals surface area contributed by atoms with E-state index in [-0.39, 0.29) is 62.0 Å². The minimum Gasteiger partial charge on any atom is -0.340 e. The Labute approximate surface area is 204 Å². The Morgan fingerprint density at radius 3 is 2.32 bits per heavy atom. The maximum absolute atomic E-state index is 13.5. The zero-order chi connectivity index (χ0) is 24.5. The third-order valence-corrected chi connectivity index (χ3v) is 10.9. The first-order valence-corrected chi connectivity index (χ1v) is 15.1. The van der Waals surface area contributed by atoms with Gasteiger partial charge in [-0.2, -0.15) is 8.61 Å². The van der Waals surface area contributed by atoms with E-state index in [4.69, 9.17) is 5.73 Å². The van der Waals surface area contributed by atoms with Crippen molar-refractivity contribution in [1.82, 2.24) is 18.5 Å². The fourth-order valence-electron chi connectivity index (χ4n) is 4.51. The first kappa shape index (κ1) is 25.2. The van der Waals surface area contributed by atoms with Crippen LogP contribution in [-0.2, 0) is 31.4 Å². The standard InChI is InChI=1S/C21H29N5O5S3/c1-33(28,29)25-9-7-24(8-10-25)20(27)18-11-17(16-5-3-2-4-6-16)14-26(15-18)34(30,31)21-23-13-19(12-22)32-21/h2-6,13,17-18H,7-12,14-15,22H2,1H3. The number of piperidine rings is 1. The number of carbonyl (C=O) groups is 1. The molecule has 0 bridgehead atoms. The van der Waals surface area contributed by atoms with Crippen LogP contribution in [-0.4, -0.2) is 86.8 Å². The van der Waals surface area contributed by atoms with Crippen molar-refractivity contribution in [1.29, 1.82) is 0 Å². The van der Waals surface area contributed by atoms with Crippen molar-refractivity contribution in [3.63, 3.8) is 0 Å². The smallest absolute Gasteiger partial charge is 0.270 e. The van der Waals surface area contributed by atoms with E-state index in [9.17, 15) is 21.6 Å². The Morgan fingerprint density at radius 2 is 1.74 bits per heavy atom. The number of sulfonamides is 2. The summed E-state index contributed by atoms with van der Waals surface area (Å²) in [6.07, 6.45) is 3.15. The van der Waals surface area contributed by atoms with Gasteiger partial charge in [0.05, 0.1) is 12.2 Å². The van der Waals surface area contributed by atoms with Crippen LogP contribution in [0.15, 0.2) is 40.9 Å². The van der Waals surface area contributed by atoms with Gasteiger partial charge >= 0.3 is 0 Å². The molecule has 34 heavy (non-hydrogen) atoms. The summed E-state index contributed by atoms with van der Waals surface area (Å²) in [4.78, 5) is 19.9. The first-order chi connectivity index (χ1) is 16.1. The highest BCUT2D eigenvalue weighted by Crippen LogP contribution is 2.35. The highest BCUT2D eigenvalue weighted by Gasteiger charge is 2.41. The van der Waals surface area contributed by atoms with Gasteiger partial charge in [0.25, 0.3) is 10.0 Å². The Bertz CT molecular complexity index is 1220. The molecule has 2 fully saturated rings. The zero-order valence-corrected chi connectivity index (χ0v) is 21.4. The van der Waals surface area contributed by atoms with Gasteiger partial charge in [0.2, 0.25) is 20.3 Å². The topological polar surface area (TPSA) is 134 Å². The quantitative estimate of drug-likeness (QED) is 0.578. The molecule has 2 atom stereocenters. The number of rotatable bonds is 6. The zero-order valence-electron chi connectivity index (χ0n) is 18.9. The highest BCUT2D eigenvalue weighted by atomic mass is 32.2. The van der Waals surface area contributed by atoms with Crippen LogP contribution in [0.5, 0.6) is 0 Å². The van der Waals surface area contributed by atoms with E-state index >= 15 is 0 Å². The minimum atomic E-state index is -3.89. The van der Waals surface area contributed by atoms with E-state index in [0.29, 0.717) is 11.3 Å². The van der Waals surface area contributed by atoms with Crippen LogP contribution in [0.3, 0.4) is 0 Å². The number of aromatic nitrogens is 1. The van der Waals surface area contributed by atoms with Crippen molar-refractivity contribution < 1.29 is 21.6 Å². The van der Waals surface area contributed by atoms with Crippen molar-refractivity contribution >= 4 is 37.3 Å². The molecular formula is C21H29N5O5S3. The molecule has 2 aliphatic rings. The van der Waals surface area contributed by atoms with Crippen LogP contribution in [0, 0.1) is 5.92 Å². The Balaban J connectivity index is 1.57. The predicted molar refractivity (Wildman–Crippen MR) is 129 cm³/mol.